The molecule has 2 aromatic carbocycles. The zero-order valence-corrected chi connectivity index (χ0v) is 17.8. The molecular formula is C20H20Cl2F2N2O4. The SMILES string of the molecule is CCCN(CC(=O)Nc1ccc(Cl)cc1Cl)C(=O)c1ccc(OC(F)F)c(OC)c1. The van der Waals surface area contributed by atoms with Gasteiger partial charge in [-0.1, -0.05) is 30.1 Å². The molecule has 1 N–H and O–H groups in total. The van der Waals surface area contributed by atoms with E-state index in [4.69, 9.17) is 27.9 Å². The standard InChI is InChI=1S/C20H20Cl2F2N2O4/c1-3-8-26(11-18(27)25-15-6-5-13(21)10-14(15)22)19(28)12-4-7-16(30-20(23)24)17(9-12)29-2/h4-7,9-10,20H,3,8,11H2,1-2H3,(H,25,27). The van der Waals surface area contributed by atoms with Gasteiger partial charge in [0.25, 0.3) is 5.91 Å². The predicted octanol–water partition coefficient (Wildman–Crippen LogP) is 5.09. The van der Waals surface area contributed by atoms with Crippen LogP contribution in [0, 0.1) is 0 Å². The first-order valence-electron chi connectivity index (χ1n) is 8.92. The summed E-state index contributed by atoms with van der Waals surface area (Å²) < 4.78 is 34.4. The fourth-order valence-corrected chi connectivity index (χ4v) is 3.11. The molecule has 10 heteroatoms. The lowest BCUT2D eigenvalue weighted by molar-refractivity contribution is -0.116. The summed E-state index contributed by atoms with van der Waals surface area (Å²) in [5, 5.41) is 3.33. The van der Waals surface area contributed by atoms with E-state index < -0.39 is 18.4 Å². The number of benzene rings is 2. The first-order chi connectivity index (χ1) is 14.2. The minimum absolute atomic E-state index is 0.0185. The van der Waals surface area contributed by atoms with Crippen molar-refractivity contribution in [1.29, 1.82) is 0 Å². The Kier molecular flexibility index (Phi) is 8.68. The molecule has 0 aliphatic heterocycles. The van der Waals surface area contributed by atoms with Gasteiger partial charge in [0, 0.05) is 17.1 Å². The molecule has 30 heavy (non-hydrogen) atoms. The van der Waals surface area contributed by atoms with E-state index in [-0.39, 0.29) is 28.6 Å². The molecule has 0 atom stereocenters. The molecule has 0 unspecified atom stereocenters. The lowest BCUT2D eigenvalue weighted by Gasteiger charge is -2.22. The van der Waals surface area contributed by atoms with Gasteiger partial charge in [-0.3, -0.25) is 9.59 Å². The van der Waals surface area contributed by atoms with Crippen molar-refractivity contribution < 1.29 is 27.8 Å². The van der Waals surface area contributed by atoms with E-state index in [9.17, 15) is 18.4 Å². The number of alkyl halides is 2. The van der Waals surface area contributed by atoms with Crippen LogP contribution in [0.25, 0.3) is 0 Å². The maximum absolute atomic E-state index is 12.9. The first kappa shape index (κ1) is 23.7. The molecule has 162 valence electrons. The van der Waals surface area contributed by atoms with Gasteiger partial charge in [0.05, 0.1) is 17.8 Å². The largest absolute Gasteiger partial charge is 0.493 e. The number of ether oxygens (including phenoxy) is 2. The second-order valence-corrected chi connectivity index (χ2v) is 6.99. The number of nitrogens with zero attached hydrogens (tertiary/aromatic N) is 1. The Hall–Kier alpha value is -2.58. The Labute approximate surface area is 182 Å². The Morgan fingerprint density at radius 1 is 1.13 bits per heavy atom. The zero-order chi connectivity index (χ0) is 22.3. The highest BCUT2D eigenvalue weighted by molar-refractivity contribution is 6.36. The van der Waals surface area contributed by atoms with Gasteiger partial charge in [-0.05, 0) is 42.8 Å². The molecule has 0 aliphatic carbocycles. The third kappa shape index (κ3) is 6.47. The summed E-state index contributed by atoms with van der Waals surface area (Å²) in [6.45, 7) is -1.10. The average molecular weight is 461 g/mol. The van der Waals surface area contributed by atoms with Gasteiger partial charge in [0.15, 0.2) is 11.5 Å². The maximum atomic E-state index is 12.9. The summed E-state index contributed by atoms with van der Waals surface area (Å²) in [5.41, 5.74) is 0.532. The molecule has 0 radical (unpaired) electrons. The zero-order valence-electron chi connectivity index (χ0n) is 16.3. The first-order valence-corrected chi connectivity index (χ1v) is 9.67. The lowest BCUT2D eigenvalue weighted by atomic mass is 10.1. The minimum atomic E-state index is -3.03. The lowest BCUT2D eigenvalue weighted by Crippen LogP contribution is -2.38. The molecular weight excluding hydrogens is 441 g/mol. The average Bonchev–Trinajstić information content (AvgIpc) is 2.69. The van der Waals surface area contributed by atoms with Crippen LogP contribution in [-0.2, 0) is 4.79 Å². The Morgan fingerprint density at radius 3 is 2.47 bits per heavy atom. The van der Waals surface area contributed by atoms with E-state index in [2.05, 4.69) is 10.1 Å². The van der Waals surface area contributed by atoms with Gasteiger partial charge >= 0.3 is 6.61 Å². The summed E-state index contributed by atoms with van der Waals surface area (Å²) >= 11 is 11.9. The smallest absolute Gasteiger partial charge is 0.387 e. The van der Waals surface area contributed by atoms with Crippen molar-refractivity contribution in [3.05, 3.63) is 52.0 Å². The molecule has 0 bridgehead atoms. The molecule has 0 heterocycles. The van der Waals surface area contributed by atoms with Crippen molar-refractivity contribution in [3.63, 3.8) is 0 Å². The molecule has 0 spiro atoms. The van der Waals surface area contributed by atoms with Gasteiger partial charge < -0.3 is 19.7 Å². The van der Waals surface area contributed by atoms with E-state index in [1.807, 2.05) is 6.92 Å². The van der Waals surface area contributed by atoms with Crippen LogP contribution >= 0.6 is 23.2 Å². The third-order valence-corrected chi connectivity index (χ3v) is 4.49. The van der Waals surface area contributed by atoms with E-state index in [0.717, 1.165) is 0 Å². The van der Waals surface area contributed by atoms with Gasteiger partial charge in [-0.2, -0.15) is 8.78 Å². The summed E-state index contributed by atoms with van der Waals surface area (Å²) in [7, 11) is 1.27. The van der Waals surface area contributed by atoms with Crippen LogP contribution < -0.4 is 14.8 Å². The molecule has 2 aromatic rings. The molecule has 0 saturated carbocycles. The van der Waals surface area contributed by atoms with E-state index in [1.54, 1.807) is 12.1 Å². The molecule has 6 nitrogen and oxygen atoms in total. The topological polar surface area (TPSA) is 67.9 Å². The summed E-state index contributed by atoms with van der Waals surface area (Å²) in [5.74, 6) is -1.13. The quantitative estimate of drug-likeness (QED) is 0.565. The van der Waals surface area contributed by atoms with Gasteiger partial charge in [-0.25, -0.2) is 0 Å². The van der Waals surface area contributed by atoms with Crippen LogP contribution in [0.3, 0.4) is 0 Å². The number of hydrogen-bond acceptors (Lipinski definition) is 4. The molecule has 2 rings (SSSR count). The van der Waals surface area contributed by atoms with E-state index in [1.165, 1.54) is 36.3 Å². The van der Waals surface area contributed by atoms with Crippen molar-refractivity contribution in [2.75, 3.05) is 25.5 Å². The minimum Gasteiger partial charge on any atom is -0.493 e. The van der Waals surface area contributed by atoms with Crippen molar-refractivity contribution >= 4 is 40.7 Å². The number of nitrogens with one attached hydrogen (secondary N) is 1. The fourth-order valence-electron chi connectivity index (χ4n) is 2.65. The van der Waals surface area contributed by atoms with Crippen molar-refractivity contribution in [2.24, 2.45) is 0 Å². The van der Waals surface area contributed by atoms with E-state index >= 15 is 0 Å². The van der Waals surface area contributed by atoms with Crippen LogP contribution in [0.2, 0.25) is 10.0 Å². The van der Waals surface area contributed by atoms with Crippen LogP contribution in [0.15, 0.2) is 36.4 Å². The van der Waals surface area contributed by atoms with Crippen LogP contribution in [0.5, 0.6) is 11.5 Å². The highest BCUT2D eigenvalue weighted by Crippen LogP contribution is 2.30. The summed E-state index contributed by atoms with van der Waals surface area (Å²) in [4.78, 5) is 26.7. The summed E-state index contributed by atoms with van der Waals surface area (Å²) in [6, 6.07) is 8.46. The number of anilines is 1. The van der Waals surface area contributed by atoms with Crippen molar-refractivity contribution in [2.45, 2.75) is 20.0 Å². The second kappa shape index (κ2) is 11.0. The third-order valence-electron chi connectivity index (χ3n) is 3.95. The molecule has 2 amide bonds. The maximum Gasteiger partial charge on any atom is 0.387 e. The number of hydrogen-bond donors (Lipinski definition) is 1. The van der Waals surface area contributed by atoms with Crippen LogP contribution in [-0.4, -0.2) is 43.5 Å². The van der Waals surface area contributed by atoms with Crippen molar-refractivity contribution in [3.8, 4) is 11.5 Å². The van der Waals surface area contributed by atoms with Gasteiger partial charge in [0.1, 0.15) is 6.54 Å². The summed E-state index contributed by atoms with van der Waals surface area (Å²) in [6.07, 6.45) is 0.602. The second-order valence-electron chi connectivity index (χ2n) is 6.14. The van der Waals surface area contributed by atoms with E-state index in [0.29, 0.717) is 23.7 Å². The molecule has 0 saturated heterocycles. The number of carbonyl (C=O) groups excluding carboxylic acids is 2. The van der Waals surface area contributed by atoms with Crippen molar-refractivity contribution in [1.82, 2.24) is 4.90 Å². The number of amides is 2. The Bertz CT molecular complexity index is 912. The monoisotopic (exact) mass is 460 g/mol. The fraction of sp³-hybridized carbons (Fsp3) is 0.300. The molecule has 0 aliphatic rings. The normalized spacial score (nSPS) is 10.6. The van der Waals surface area contributed by atoms with Crippen LogP contribution in [0.4, 0.5) is 14.5 Å². The highest BCUT2D eigenvalue weighted by atomic mass is 35.5. The van der Waals surface area contributed by atoms with Gasteiger partial charge in [0.2, 0.25) is 5.91 Å². The number of methoxy groups -OCH3 is 1. The number of rotatable bonds is 9. The Balaban J connectivity index is 2.16. The predicted molar refractivity (Wildman–Crippen MR) is 111 cm³/mol. The molecule has 0 fully saturated rings. The molecule has 0 aromatic heterocycles. The van der Waals surface area contributed by atoms with Gasteiger partial charge in [-0.15, -0.1) is 0 Å². The Morgan fingerprint density at radius 2 is 1.87 bits per heavy atom. The van der Waals surface area contributed by atoms with Crippen LogP contribution in [0.1, 0.15) is 23.7 Å². The number of halogens is 4. The number of carbonyl (C=O) groups is 2. The highest BCUT2D eigenvalue weighted by Gasteiger charge is 2.21.